The maximum Gasteiger partial charge on any atom is 0.325 e. The SMILES string of the molecule is Nc1ncnc2c1ncn2[C@@H]1O[C@@H]2COP(O)(=S)O[C@@H]3C(O)[C@@H](COP(O)(=S)O[C@H]2[C@H]1O)O[C@H]3n1cnc2c(N)ncnc21. The lowest BCUT2D eigenvalue weighted by Gasteiger charge is -2.28. The molecule has 0 amide bonds. The Morgan fingerprint density at radius 3 is 1.80 bits per heavy atom. The summed E-state index contributed by atoms with van der Waals surface area (Å²) >= 11 is 10.5. The summed E-state index contributed by atoms with van der Waals surface area (Å²) in [6.07, 6.45) is -5.21. The largest absolute Gasteiger partial charge is 0.387 e. The van der Waals surface area contributed by atoms with Gasteiger partial charge in [-0.1, -0.05) is 0 Å². The minimum Gasteiger partial charge on any atom is -0.387 e. The van der Waals surface area contributed by atoms with E-state index in [0.29, 0.717) is 0 Å². The molecule has 2 bridgehead atoms. The highest BCUT2D eigenvalue weighted by Crippen LogP contribution is 2.54. The first-order chi connectivity index (χ1) is 20.9. The molecule has 4 aromatic rings. The van der Waals surface area contributed by atoms with Crippen molar-refractivity contribution in [2.75, 3.05) is 24.7 Å². The third-order valence-corrected chi connectivity index (χ3v) is 10.4. The van der Waals surface area contributed by atoms with Crippen LogP contribution in [0.2, 0.25) is 0 Å². The van der Waals surface area contributed by atoms with Crippen LogP contribution in [0.4, 0.5) is 11.6 Å². The average molecular weight is 691 g/mol. The standard InChI is InChI=1S/C20H24N10O10P2S2/c21-15-9-17(25-3-23-15)29(5-27-9)19-12(32)13-8(38-19)2-36-42(34,44)40-14-11(31)7(1-35-41(33,43)39-13)37-20(14)30-6-28-10-16(22)24-4-26-18(10)30/h3-8,11-14,19-20,31-32H,1-2H2,(H,33,43)(H,34,44)(H2,21,23,25)(H2,22,24,26)/t7-,8-,11?,12-,13-,14-,19-,20-,41?,42?/m1/s1. The number of imidazole rings is 2. The molecule has 20 nitrogen and oxygen atoms in total. The van der Waals surface area contributed by atoms with Gasteiger partial charge < -0.3 is 50.0 Å². The number of hydrogen-bond acceptors (Lipinski definition) is 18. The number of hydrogen-bond donors (Lipinski definition) is 6. The van der Waals surface area contributed by atoms with E-state index in [1.54, 1.807) is 0 Å². The highest BCUT2D eigenvalue weighted by atomic mass is 32.5. The fourth-order valence-electron chi connectivity index (χ4n) is 5.22. The highest BCUT2D eigenvalue weighted by molar-refractivity contribution is 8.07. The molecule has 24 heteroatoms. The van der Waals surface area contributed by atoms with Crippen molar-refractivity contribution in [3.05, 3.63) is 25.3 Å². The summed E-state index contributed by atoms with van der Waals surface area (Å²) in [6, 6.07) is 0. The Morgan fingerprint density at radius 2 is 1.20 bits per heavy atom. The van der Waals surface area contributed by atoms with E-state index in [9.17, 15) is 20.0 Å². The van der Waals surface area contributed by atoms with Crippen molar-refractivity contribution >= 4 is 71.0 Å². The van der Waals surface area contributed by atoms with E-state index in [2.05, 4.69) is 29.9 Å². The molecule has 0 aliphatic carbocycles. The molecular weight excluding hydrogens is 666 g/mol. The van der Waals surface area contributed by atoms with Gasteiger partial charge in [0.1, 0.15) is 60.3 Å². The predicted octanol–water partition coefficient (Wildman–Crippen LogP) is -1.40. The minimum absolute atomic E-state index is 0.103. The third-order valence-electron chi connectivity index (χ3n) is 7.26. The van der Waals surface area contributed by atoms with E-state index >= 15 is 0 Å². The van der Waals surface area contributed by atoms with E-state index in [1.165, 1.54) is 34.4 Å². The Hall–Kier alpha value is -2.40. The Morgan fingerprint density at radius 1 is 0.705 bits per heavy atom. The lowest BCUT2D eigenvalue weighted by atomic mass is 10.1. The summed E-state index contributed by atoms with van der Waals surface area (Å²) in [6.45, 7) is -9.28. The molecule has 0 spiro atoms. The maximum absolute atomic E-state index is 11.3. The fourth-order valence-corrected chi connectivity index (χ4v) is 8.08. The van der Waals surface area contributed by atoms with Crippen LogP contribution in [0.5, 0.6) is 0 Å². The van der Waals surface area contributed by atoms with E-state index in [1.807, 2.05) is 0 Å². The van der Waals surface area contributed by atoms with Crippen molar-refractivity contribution in [3.63, 3.8) is 0 Å². The van der Waals surface area contributed by atoms with Gasteiger partial charge in [0.05, 0.1) is 25.9 Å². The number of aliphatic hydroxyl groups is 2. The second kappa shape index (κ2) is 11.1. The monoisotopic (exact) mass is 690 g/mol. The summed E-state index contributed by atoms with van der Waals surface area (Å²) in [4.78, 5) is 46.6. The molecule has 0 radical (unpaired) electrons. The van der Waals surface area contributed by atoms with Gasteiger partial charge in [0, 0.05) is 0 Å². The molecule has 44 heavy (non-hydrogen) atoms. The van der Waals surface area contributed by atoms with Crippen LogP contribution < -0.4 is 11.5 Å². The Labute approximate surface area is 256 Å². The normalized spacial score (nSPS) is 38.3. The van der Waals surface area contributed by atoms with Gasteiger partial charge in [-0.15, -0.1) is 0 Å². The van der Waals surface area contributed by atoms with E-state index in [-0.39, 0.29) is 34.0 Å². The zero-order valence-corrected chi connectivity index (χ0v) is 25.4. The van der Waals surface area contributed by atoms with Crippen LogP contribution in [0.25, 0.3) is 22.3 Å². The first-order valence-corrected chi connectivity index (χ1v) is 17.9. The van der Waals surface area contributed by atoms with Crippen molar-refractivity contribution in [2.24, 2.45) is 0 Å². The lowest BCUT2D eigenvalue weighted by Crippen LogP contribution is -2.36. The third kappa shape index (κ3) is 5.29. The number of rotatable bonds is 2. The van der Waals surface area contributed by atoms with E-state index < -0.39 is 75.7 Å². The van der Waals surface area contributed by atoms with Crippen LogP contribution in [0.3, 0.4) is 0 Å². The van der Waals surface area contributed by atoms with E-state index in [0.717, 1.165) is 0 Å². The molecule has 3 unspecified atom stereocenters. The van der Waals surface area contributed by atoms with Crippen molar-refractivity contribution in [2.45, 2.75) is 49.1 Å². The van der Waals surface area contributed by atoms with Crippen LogP contribution in [-0.2, 0) is 51.2 Å². The quantitative estimate of drug-likeness (QED) is 0.132. The van der Waals surface area contributed by atoms with E-state index in [4.69, 9.17) is 62.6 Å². The van der Waals surface area contributed by atoms with Crippen molar-refractivity contribution in [1.82, 2.24) is 39.0 Å². The number of nitrogen functional groups attached to an aromatic ring is 2. The summed E-state index contributed by atoms with van der Waals surface area (Å²) in [5.74, 6) is 0.212. The first kappa shape index (κ1) is 30.3. The van der Waals surface area contributed by atoms with Gasteiger partial charge in [-0.05, 0) is 23.6 Å². The number of fused-ring (bicyclic) bond motifs is 5. The number of aromatic nitrogens is 8. The van der Waals surface area contributed by atoms with Crippen molar-refractivity contribution in [3.8, 4) is 0 Å². The molecule has 7 heterocycles. The molecule has 8 N–H and O–H groups in total. The molecule has 0 saturated carbocycles. The van der Waals surface area contributed by atoms with Gasteiger partial charge in [0.15, 0.2) is 35.4 Å². The van der Waals surface area contributed by atoms with Gasteiger partial charge in [-0.3, -0.25) is 18.2 Å². The summed E-state index contributed by atoms with van der Waals surface area (Å²) in [5.41, 5.74) is 12.8. The molecular formula is C20H24N10O10P2S2. The molecule has 4 aromatic heterocycles. The smallest absolute Gasteiger partial charge is 0.325 e. The number of nitrogens with zero attached hydrogens (tertiary/aromatic N) is 8. The summed E-state index contributed by atoms with van der Waals surface area (Å²) in [7, 11) is 0. The minimum atomic E-state index is -4.16. The second-order valence-electron chi connectivity index (χ2n) is 9.95. The number of nitrogens with two attached hydrogens (primary N) is 2. The zero-order chi connectivity index (χ0) is 31.0. The second-order valence-corrected chi connectivity index (χ2v) is 15.5. The highest BCUT2D eigenvalue weighted by Gasteiger charge is 2.52. The number of anilines is 2. The zero-order valence-electron chi connectivity index (χ0n) is 22.0. The molecule has 7 rings (SSSR count). The molecule has 3 saturated heterocycles. The van der Waals surface area contributed by atoms with Gasteiger partial charge in [0.2, 0.25) is 0 Å². The van der Waals surface area contributed by atoms with Crippen molar-refractivity contribution < 1.29 is 47.6 Å². The van der Waals surface area contributed by atoms with Crippen LogP contribution in [0, 0.1) is 0 Å². The van der Waals surface area contributed by atoms with Crippen LogP contribution >= 0.6 is 13.4 Å². The molecule has 3 aliphatic rings. The number of aliphatic hydroxyl groups excluding tert-OH is 2. The van der Waals surface area contributed by atoms with Gasteiger partial charge in [-0.25, -0.2) is 29.9 Å². The Balaban J connectivity index is 1.20. The topological polar surface area (TPSA) is 276 Å². The summed E-state index contributed by atoms with van der Waals surface area (Å²) in [5, 5.41) is 22.4. The fraction of sp³-hybridized carbons (Fsp3) is 0.500. The van der Waals surface area contributed by atoms with Crippen LogP contribution in [-0.4, -0.2) is 109 Å². The van der Waals surface area contributed by atoms with Gasteiger partial charge >= 0.3 is 13.4 Å². The lowest BCUT2D eigenvalue weighted by molar-refractivity contribution is -0.0606. The van der Waals surface area contributed by atoms with Gasteiger partial charge in [0.25, 0.3) is 0 Å². The Bertz CT molecular complexity index is 1830. The maximum atomic E-state index is 11.3. The molecule has 3 aliphatic heterocycles. The molecule has 0 aromatic carbocycles. The van der Waals surface area contributed by atoms with Crippen molar-refractivity contribution in [1.29, 1.82) is 0 Å². The Kier molecular flexibility index (Phi) is 7.66. The van der Waals surface area contributed by atoms with Crippen LogP contribution in [0.15, 0.2) is 25.3 Å². The predicted molar refractivity (Wildman–Crippen MR) is 154 cm³/mol. The van der Waals surface area contributed by atoms with Gasteiger partial charge in [-0.2, -0.15) is 0 Å². The number of ether oxygens (including phenoxy) is 2. The van der Waals surface area contributed by atoms with Crippen LogP contribution in [0.1, 0.15) is 12.5 Å². The summed E-state index contributed by atoms with van der Waals surface area (Å²) < 4.78 is 37.5. The molecule has 236 valence electrons. The molecule has 10 atom stereocenters. The average Bonchev–Trinajstić information content (AvgIpc) is 3.73. The molecule has 3 fully saturated rings. The first-order valence-electron chi connectivity index (χ1n) is 12.8.